The molecule has 0 aliphatic carbocycles. The first-order chi connectivity index (χ1) is 11.3. The van der Waals surface area contributed by atoms with Gasteiger partial charge in [-0.2, -0.15) is 0 Å². The second-order valence-electron chi connectivity index (χ2n) is 4.99. The van der Waals surface area contributed by atoms with E-state index < -0.39 is 10.0 Å². The number of sulfonamides is 1. The van der Waals surface area contributed by atoms with Gasteiger partial charge in [0.05, 0.1) is 20.5 Å². The van der Waals surface area contributed by atoms with Crippen LogP contribution in [0.25, 0.3) is 10.4 Å². The molecule has 6 nitrogen and oxygen atoms in total. The van der Waals surface area contributed by atoms with E-state index in [0.717, 1.165) is 16.1 Å². The number of anilines is 2. The number of primary sulfonamides is 1. The SMILES string of the molecule is Cc1nc(Nc2ccc(Cl)cn2)sc1-c1ccc(S(N)(=O)=O)cc1. The van der Waals surface area contributed by atoms with Crippen molar-refractivity contribution in [2.75, 3.05) is 5.32 Å². The number of aryl methyl sites for hydroxylation is 1. The van der Waals surface area contributed by atoms with Crippen molar-refractivity contribution < 1.29 is 8.42 Å². The van der Waals surface area contributed by atoms with Crippen LogP contribution in [0.1, 0.15) is 5.69 Å². The molecule has 9 heteroatoms. The lowest BCUT2D eigenvalue weighted by Gasteiger charge is -2.01. The summed E-state index contributed by atoms with van der Waals surface area (Å²) < 4.78 is 22.6. The van der Waals surface area contributed by atoms with E-state index in [-0.39, 0.29) is 4.90 Å². The number of aromatic nitrogens is 2. The molecule has 124 valence electrons. The van der Waals surface area contributed by atoms with Gasteiger partial charge in [0.2, 0.25) is 10.0 Å². The molecular weight excluding hydrogens is 368 g/mol. The van der Waals surface area contributed by atoms with Crippen LogP contribution in [0.15, 0.2) is 47.5 Å². The standard InChI is InChI=1S/C15H13ClN4O2S2/c1-9-14(10-2-5-12(6-3-10)24(17,21)22)23-15(19-9)20-13-7-4-11(16)8-18-13/h2-8H,1H3,(H2,17,21,22)(H,18,19,20). The monoisotopic (exact) mass is 380 g/mol. The number of nitrogens with zero attached hydrogens (tertiary/aromatic N) is 2. The van der Waals surface area contributed by atoms with E-state index >= 15 is 0 Å². The Morgan fingerprint density at radius 3 is 2.46 bits per heavy atom. The Morgan fingerprint density at radius 1 is 1.17 bits per heavy atom. The first kappa shape index (κ1) is 16.8. The summed E-state index contributed by atoms with van der Waals surface area (Å²) in [4.78, 5) is 9.65. The highest BCUT2D eigenvalue weighted by molar-refractivity contribution is 7.89. The van der Waals surface area contributed by atoms with Crippen molar-refractivity contribution in [2.24, 2.45) is 5.14 Å². The van der Waals surface area contributed by atoms with Gasteiger partial charge >= 0.3 is 0 Å². The minimum absolute atomic E-state index is 0.0807. The number of halogens is 1. The van der Waals surface area contributed by atoms with Gasteiger partial charge in [0, 0.05) is 6.20 Å². The molecular formula is C15H13ClN4O2S2. The van der Waals surface area contributed by atoms with E-state index in [4.69, 9.17) is 16.7 Å². The topological polar surface area (TPSA) is 98.0 Å². The third kappa shape index (κ3) is 3.73. The molecule has 0 radical (unpaired) electrons. The largest absolute Gasteiger partial charge is 0.316 e. The van der Waals surface area contributed by atoms with Gasteiger partial charge in [-0.05, 0) is 36.8 Å². The number of hydrogen-bond acceptors (Lipinski definition) is 6. The van der Waals surface area contributed by atoms with Crippen molar-refractivity contribution in [3.63, 3.8) is 0 Å². The quantitative estimate of drug-likeness (QED) is 0.721. The molecule has 0 bridgehead atoms. The van der Waals surface area contributed by atoms with E-state index in [9.17, 15) is 8.42 Å². The Labute approximate surface area is 148 Å². The van der Waals surface area contributed by atoms with Crippen LogP contribution in [0.5, 0.6) is 0 Å². The summed E-state index contributed by atoms with van der Waals surface area (Å²) in [6.45, 7) is 1.89. The van der Waals surface area contributed by atoms with Crippen molar-refractivity contribution in [3.8, 4) is 10.4 Å². The van der Waals surface area contributed by atoms with Crippen molar-refractivity contribution in [2.45, 2.75) is 11.8 Å². The zero-order valence-electron chi connectivity index (χ0n) is 12.5. The highest BCUT2D eigenvalue weighted by atomic mass is 35.5. The number of nitrogens with one attached hydrogen (secondary N) is 1. The molecule has 0 saturated carbocycles. The molecule has 24 heavy (non-hydrogen) atoms. The van der Waals surface area contributed by atoms with Gasteiger partial charge < -0.3 is 5.32 Å². The second-order valence-corrected chi connectivity index (χ2v) is 7.99. The third-order valence-corrected chi connectivity index (χ3v) is 5.48. The van der Waals surface area contributed by atoms with Gasteiger partial charge in [-0.1, -0.05) is 35.1 Å². The Balaban J connectivity index is 1.87. The fourth-order valence-electron chi connectivity index (χ4n) is 2.07. The minimum atomic E-state index is -3.69. The van der Waals surface area contributed by atoms with Crippen molar-refractivity contribution in [1.29, 1.82) is 0 Å². The summed E-state index contributed by atoms with van der Waals surface area (Å²) in [6, 6.07) is 9.90. The Morgan fingerprint density at radius 2 is 1.88 bits per heavy atom. The maximum absolute atomic E-state index is 11.3. The van der Waals surface area contributed by atoms with Crippen LogP contribution in [0.3, 0.4) is 0 Å². The molecule has 0 atom stereocenters. The normalized spacial score (nSPS) is 11.5. The van der Waals surface area contributed by atoms with Crippen LogP contribution >= 0.6 is 22.9 Å². The molecule has 0 unspecified atom stereocenters. The lowest BCUT2D eigenvalue weighted by Crippen LogP contribution is -2.11. The molecule has 2 aromatic heterocycles. The molecule has 3 rings (SSSR count). The summed E-state index contributed by atoms with van der Waals surface area (Å²) >= 11 is 7.26. The van der Waals surface area contributed by atoms with Gasteiger partial charge in [-0.3, -0.25) is 0 Å². The molecule has 0 aliphatic heterocycles. The third-order valence-electron chi connectivity index (χ3n) is 3.20. The van der Waals surface area contributed by atoms with Gasteiger partial charge in [-0.25, -0.2) is 23.5 Å². The summed E-state index contributed by atoms with van der Waals surface area (Å²) in [5, 5.41) is 9.48. The number of hydrogen-bond donors (Lipinski definition) is 2. The fourth-order valence-corrected chi connectivity index (χ4v) is 3.68. The summed E-state index contributed by atoms with van der Waals surface area (Å²) in [6.07, 6.45) is 1.55. The van der Waals surface area contributed by atoms with Gasteiger partial charge in [-0.15, -0.1) is 0 Å². The van der Waals surface area contributed by atoms with Crippen LogP contribution < -0.4 is 10.5 Å². The van der Waals surface area contributed by atoms with E-state index in [2.05, 4.69) is 15.3 Å². The zero-order chi connectivity index (χ0) is 17.3. The van der Waals surface area contributed by atoms with Gasteiger partial charge in [0.15, 0.2) is 5.13 Å². The highest BCUT2D eigenvalue weighted by Gasteiger charge is 2.12. The summed E-state index contributed by atoms with van der Waals surface area (Å²) in [7, 11) is -3.69. The number of rotatable bonds is 4. The van der Waals surface area contributed by atoms with Crippen LogP contribution in [-0.2, 0) is 10.0 Å². The van der Waals surface area contributed by atoms with Crippen LogP contribution in [0.2, 0.25) is 5.02 Å². The van der Waals surface area contributed by atoms with Crippen molar-refractivity contribution >= 4 is 43.9 Å². The van der Waals surface area contributed by atoms with Crippen molar-refractivity contribution in [3.05, 3.63) is 53.3 Å². The molecule has 1 aromatic carbocycles. The number of nitrogens with two attached hydrogens (primary N) is 1. The average molecular weight is 381 g/mol. The molecule has 0 spiro atoms. The van der Waals surface area contributed by atoms with Crippen LogP contribution in [0, 0.1) is 6.92 Å². The lowest BCUT2D eigenvalue weighted by atomic mass is 10.2. The summed E-state index contributed by atoms with van der Waals surface area (Å²) in [5.41, 5.74) is 1.70. The Kier molecular flexibility index (Phi) is 4.55. The Hall–Kier alpha value is -2.00. The number of pyridine rings is 1. The second kappa shape index (κ2) is 6.48. The van der Waals surface area contributed by atoms with Crippen LogP contribution in [0.4, 0.5) is 10.9 Å². The molecule has 0 aliphatic rings. The first-order valence-electron chi connectivity index (χ1n) is 6.82. The zero-order valence-corrected chi connectivity index (χ0v) is 14.9. The molecule has 0 fully saturated rings. The Bertz CT molecular complexity index is 968. The highest BCUT2D eigenvalue weighted by Crippen LogP contribution is 2.34. The lowest BCUT2D eigenvalue weighted by molar-refractivity contribution is 0.598. The molecule has 3 N–H and O–H groups in total. The van der Waals surface area contributed by atoms with E-state index in [1.165, 1.54) is 23.5 Å². The van der Waals surface area contributed by atoms with Crippen LogP contribution in [-0.4, -0.2) is 18.4 Å². The molecule has 2 heterocycles. The predicted octanol–water partition coefficient (Wildman–Crippen LogP) is 3.56. The van der Waals surface area contributed by atoms with Gasteiger partial charge in [0.1, 0.15) is 5.82 Å². The van der Waals surface area contributed by atoms with E-state index in [1.807, 2.05) is 6.92 Å². The summed E-state index contributed by atoms with van der Waals surface area (Å²) in [5.74, 6) is 0.643. The predicted molar refractivity (Wildman–Crippen MR) is 96.2 cm³/mol. The molecule has 3 aromatic rings. The fraction of sp³-hybridized carbons (Fsp3) is 0.0667. The average Bonchev–Trinajstić information content (AvgIpc) is 2.89. The van der Waals surface area contributed by atoms with E-state index in [0.29, 0.717) is 16.0 Å². The number of thiazole rings is 1. The molecule has 0 amide bonds. The first-order valence-corrected chi connectivity index (χ1v) is 9.56. The molecule has 0 saturated heterocycles. The van der Waals surface area contributed by atoms with Gasteiger partial charge in [0.25, 0.3) is 0 Å². The smallest absolute Gasteiger partial charge is 0.238 e. The number of benzene rings is 1. The maximum atomic E-state index is 11.3. The maximum Gasteiger partial charge on any atom is 0.238 e. The van der Waals surface area contributed by atoms with E-state index in [1.54, 1.807) is 30.5 Å². The van der Waals surface area contributed by atoms with Crippen molar-refractivity contribution in [1.82, 2.24) is 9.97 Å². The minimum Gasteiger partial charge on any atom is -0.316 e.